The molecule has 0 fully saturated rings. The molecule has 0 aliphatic carbocycles. The monoisotopic (exact) mass is 2060 g/mol. The fourth-order valence-corrected chi connectivity index (χ4v) is 14.3. The number of carbonyl (C=O) groups excluding carboxylic acids is 12. The van der Waals surface area contributed by atoms with Gasteiger partial charge in [0.25, 0.3) is 23.6 Å². The smallest absolute Gasteiger partial charge is 0.326 e. The van der Waals surface area contributed by atoms with Crippen molar-refractivity contribution in [1.29, 1.82) is 0 Å². The van der Waals surface area contributed by atoms with Crippen LogP contribution in [0.1, 0.15) is 179 Å². The van der Waals surface area contributed by atoms with Crippen LogP contribution in [0, 0.1) is 11.9 Å². The predicted molar refractivity (Wildman–Crippen MR) is 513 cm³/mol. The highest BCUT2D eigenvalue weighted by molar-refractivity contribution is 6.01. The second-order valence-corrected chi connectivity index (χ2v) is 33.5. The van der Waals surface area contributed by atoms with Crippen molar-refractivity contribution < 1.29 is 165 Å². The Kier molecular flexibility index (Phi) is 47.2. The average Bonchev–Trinajstić information content (AvgIpc) is 0.830. The van der Waals surface area contributed by atoms with Crippen LogP contribution in [-0.4, -0.2) is 265 Å². The van der Waals surface area contributed by atoms with E-state index >= 15 is 0 Å². The van der Waals surface area contributed by atoms with Crippen molar-refractivity contribution in [3.05, 3.63) is 227 Å². The normalized spacial score (nSPS) is 12.8. The Morgan fingerprint density at radius 1 is 0.257 bits per heavy atom. The molecule has 0 radical (unpaired) electrons. The Morgan fingerprint density at radius 3 is 0.905 bits per heavy atom. The Morgan fingerprint density at radius 2 is 0.561 bits per heavy atom. The predicted octanol–water partition coefficient (Wildman–Crippen LogP) is 3.40. The van der Waals surface area contributed by atoms with Gasteiger partial charge in [0.15, 0.2) is 0 Å². The van der Waals surface area contributed by atoms with E-state index in [1.807, 2.05) is 84.9 Å². The number of aliphatic carboxylic acids is 10. The van der Waals surface area contributed by atoms with E-state index in [1.165, 1.54) is 24.3 Å². The summed E-state index contributed by atoms with van der Waals surface area (Å²) in [6.45, 7) is 0.00878. The van der Waals surface area contributed by atoms with Gasteiger partial charge in [-0.2, -0.15) is 8.78 Å². The molecule has 2 aromatic heterocycles. The summed E-state index contributed by atoms with van der Waals surface area (Å²) in [5, 5.41) is 131. The summed E-state index contributed by atoms with van der Waals surface area (Å²) < 4.78 is 26.5. The summed E-state index contributed by atoms with van der Waals surface area (Å²) in [6, 6.07) is 25.5. The van der Waals surface area contributed by atoms with Gasteiger partial charge in [0.1, 0.15) is 60.4 Å². The molecule has 8 aromatic rings. The fraction of sp³-hybridized carbons (Fsp3) is 0.347. The lowest BCUT2D eigenvalue weighted by Gasteiger charge is -2.20. The maximum Gasteiger partial charge on any atom is 0.326 e. The van der Waals surface area contributed by atoms with Crippen LogP contribution in [0.5, 0.6) is 0 Å². The van der Waals surface area contributed by atoms with Crippen molar-refractivity contribution >= 4 is 152 Å². The number of hydrogen-bond acceptors (Lipinski definition) is 24. The zero-order valence-corrected chi connectivity index (χ0v) is 79.0. The van der Waals surface area contributed by atoms with Crippen LogP contribution >= 0.6 is 0 Å². The summed E-state index contributed by atoms with van der Waals surface area (Å²) in [5.41, 5.74) is 2.51. The number of halogens is 2. The lowest BCUT2D eigenvalue weighted by Crippen LogP contribution is -2.51. The molecule has 2 heterocycles. The maximum atomic E-state index is 13.6. The van der Waals surface area contributed by atoms with Gasteiger partial charge < -0.3 is 126 Å². The second kappa shape index (κ2) is 59.8. The van der Waals surface area contributed by atoms with E-state index in [1.54, 1.807) is 24.3 Å². The number of unbranched alkanes of at least 4 members (excludes halogenated alkanes) is 2. The lowest BCUT2D eigenvalue weighted by molar-refractivity contribution is -0.143. The molecule has 48 nitrogen and oxygen atoms in total. The van der Waals surface area contributed by atoms with Gasteiger partial charge in [-0.05, 0) is 163 Å². The Balaban J connectivity index is 0.000000401. The highest BCUT2D eigenvalue weighted by Gasteiger charge is 2.33. The van der Waals surface area contributed by atoms with Crippen LogP contribution in [0.3, 0.4) is 0 Å². The van der Waals surface area contributed by atoms with Gasteiger partial charge in [-0.1, -0.05) is 109 Å². The Labute approximate surface area is 839 Å². The van der Waals surface area contributed by atoms with E-state index in [2.05, 4.69) is 84.4 Å². The van der Waals surface area contributed by atoms with E-state index in [9.17, 15) is 155 Å². The molecule has 8 rings (SSSR count). The number of fused-ring (bicyclic) bond motifs is 2. The molecule has 0 saturated heterocycles. The standard InChI is InChI=1S/2C49H55FN8O16/c50-38-18-14-32(26-52-38)43(64)55-35(47(70)71)16-20-40(60)54-34(46(68)69)15-19-39(59)53-25-27-8-12-30(13-9-27)42(63)56-37(24-28-10-11-29-5-1-2-6-31(29)23-28)44(65)51-22-4-3-7-33(45(66)67)57-49(74)58-36(48(72)73)17-21-41(61)62;50-38-25-32(20-22-51-38)43(64)55-35(47(70)71)15-18-40(60)54-34(46(68)69)14-17-39(59)53-26-27-8-12-30(13-9-27)42(63)56-37(24-28-10-11-29-5-1-2-6-31(29)23-28)44(65)52-21-4-3-7-33(45(66)67)57-49(74)58-36(48(72)73)16-19-41(61)62/h1-2,5-6,8-14,18,23,26,33-37H,3-4,7,15-17,19-22,24-25H2,(H,51,65)(H,53,59)(H,54,60)(H,55,64)(H,56,63)(H,61,62)(H,66,67)(H,68,69)(H,70,71)(H,72,73)(H2,57,58,74);1-2,5-6,8-13,20,22-23,25,33-37H,3-4,7,14-19,21,24,26H2,(H,52,65)(H,53,59)(H,54,60)(H,55,64)(H,56,63)(H,61,62)(H,66,67)(H,68,69)(H,70,71)(H,72,73)(H2,57,58,74)/i2*50-1. The van der Waals surface area contributed by atoms with Gasteiger partial charge in [0.05, 0.1) is 5.56 Å². The molecular weight excluding hydrogens is 1950 g/mol. The number of amides is 14. The van der Waals surface area contributed by atoms with Gasteiger partial charge >= 0.3 is 71.8 Å². The molecule has 10 atom stereocenters. The minimum Gasteiger partial charge on any atom is -0.481 e. The van der Waals surface area contributed by atoms with Crippen molar-refractivity contribution in [1.82, 2.24) is 84.4 Å². The van der Waals surface area contributed by atoms with E-state index < -0.39 is 255 Å². The van der Waals surface area contributed by atoms with Gasteiger partial charge in [-0.15, -0.1) is 0 Å². The fourth-order valence-electron chi connectivity index (χ4n) is 14.3. The first kappa shape index (κ1) is 117. The molecule has 0 aliphatic rings. The number of benzene rings is 6. The van der Waals surface area contributed by atoms with E-state index in [-0.39, 0.29) is 125 Å². The summed E-state index contributed by atoms with van der Waals surface area (Å²) in [6.07, 6.45) is -2.55. The largest absolute Gasteiger partial charge is 0.481 e. The molecule has 0 aliphatic heterocycles. The van der Waals surface area contributed by atoms with Crippen molar-refractivity contribution in [3.8, 4) is 0 Å². The third-order valence-electron chi connectivity index (χ3n) is 22.4. The van der Waals surface area contributed by atoms with Crippen LogP contribution in [0.4, 0.5) is 18.4 Å². The van der Waals surface area contributed by atoms with Crippen LogP contribution < -0.4 is 74.4 Å². The van der Waals surface area contributed by atoms with E-state index in [0.717, 1.165) is 69.3 Å². The highest BCUT2D eigenvalue weighted by Crippen LogP contribution is 2.22. The number of pyridine rings is 2. The molecule has 14 amide bonds. The van der Waals surface area contributed by atoms with Crippen molar-refractivity contribution in [2.75, 3.05) is 13.1 Å². The molecule has 0 saturated carbocycles. The summed E-state index contributed by atoms with van der Waals surface area (Å²) >= 11 is 0. The molecule has 50 heteroatoms. The quantitative estimate of drug-likeness (QED) is 0.0192. The van der Waals surface area contributed by atoms with Crippen LogP contribution in [0.25, 0.3) is 21.5 Å². The number of urea groups is 2. The Hall–Kier alpha value is -18.1. The number of hydrogen-bond donors (Lipinski definition) is 24. The third kappa shape index (κ3) is 41.9. The second-order valence-electron chi connectivity index (χ2n) is 33.5. The minimum atomic E-state index is -1.58. The maximum absolute atomic E-state index is 13.6. The summed E-state index contributed by atoms with van der Waals surface area (Å²) in [7, 11) is 0. The first-order valence-corrected chi connectivity index (χ1v) is 46.0. The molecule has 6 aromatic carbocycles. The summed E-state index contributed by atoms with van der Waals surface area (Å²) in [5.74, 6) is -23.2. The zero-order chi connectivity index (χ0) is 109. The number of rotatable bonds is 60. The summed E-state index contributed by atoms with van der Waals surface area (Å²) in [4.78, 5) is 276. The number of carboxylic acids is 10. The first-order chi connectivity index (χ1) is 70.4. The van der Waals surface area contributed by atoms with Gasteiger partial charge in [-0.25, -0.2) is 57.9 Å². The zero-order valence-electron chi connectivity index (χ0n) is 79.0. The lowest BCUT2D eigenvalue weighted by atomic mass is 10.0. The number of aromatic nitrogens is 2. The molecule has 0 spiro atoms. The number of nitrogens with one attached hydrogen (secondary N) is 14. The minimum absolute atomic E-state index is 0.0373. The highest BCUT2D eigenvalue weighted by atomic mass is 18.2. The Bertz CT molecular complexity index is 6120. The molecular formula is C98H110F2N16O32. The third-order valence-corrected chi connectivity index (χ3v) is 22.4. The van der Waals surface area contributed by atoms with Crippen molar-refractivity contribution in [2.24, 2.45) is 0 Å². The molecule has 148 heavy (non-hydrogen) atoms. The van der Waals surface area contributed by atoms with E-state index in [4.69, 9.17) is 10.2 Å². The SMILES string of the molecule is O=C(O)CCC(NC(=O)NC(CCCCNC(=O)C(Cc1ccc2ccccc2c1)NC(=O)c1ccc(CNC(=O)CCC(NC(=O)CCC(NC(=O)c2ccc([18F])nc2)C(=O)O)C(=O)O)cc1)C(=O)O)C(=O)O.O=C(O)CCC(NC(=O)NC(CCCCNC(=O)C(Cc1ccc2ccccc2c1)NC(=O)c1ccc(CNC(=O)CCC(NC(=O)CCC(NC(=O)c2ccnc([18F])c2)C(=O)O)C(=O)O)cc1)C(=O)O)C(=O)O. The van der Waals surface area contributed by atoms with Gasteiger partial charge in [0.2, 0.25) is 47.3 Å². The van der Waals surface area contributed by atoms with Crippen molar-refractivity contribution in [3.63, 3.8) is 0 Å². The topological polar surface area (TPSA) is 772 Å². The van der Waals surface area contributed by atoms with Crippen LogP contribution in [0.15, 0.2) is 170 Å². The number of nitrogens with zero attached hydrogens (tertiary/aromatic N) is 2. The number of carbonyl (C=O) groups is 22. The molecule has 10 unspecified atom stereocenters. The number of carboxylic acid groups (broad SMARTS) is 10. The molecule has 24 N–H and O–H groups in total. The van der Waals surface area contributed by atoms with Gasteiger partial charge in [0, 0.05) is 113 Å². The van der Waals surface area contributed by atoms with Crippen LogP contribution in [0.2, 0.25) is 0 Å². The molecule has 0 bridgehead atoms. The average molecular weight is 2060 g/mol. The van der Waals surface area contributed by atoms with Gasteiger partial charge in [-0.3, -0.25) is 57.5 Å². The molecule has 788 valence electrons. The van der Waals surface area contributed by atoms with Crippen molar-refractivity contribution in [2.45, 2.75) is 202 Å². The van der Waals surface area contributed by atoms with Crippen LogP contribution in [-0.2, 0) is 103 Å². The first-order valence-electron chi connectivity index (χ1n) is 46.0. The van der Waals surface area contributed by atoms with E-state index in [0.29, 0.717) is 11.1 Å².